The van der Waals surface area contributed by atoms with Gasteiger partial charge in [0, 0.05) is 5.75 Å². The molecule has 2 aromatic carbocycles. The Morgan fingerprint density at radius 3 is 2.51 bits per heavy atom. The van der Waals surface area contributed by atoms with Crippen LogP contribution in [0, 0.1) is 5.82 Å². The van der Waals surface area contributed by atoms with E-state index in [-0.39, 0.29) is 28.0 Å². The van der Waals surface area contributed by atoms with Crippen LogP contribution >= 0.6 is 23.1 Å². The minimum atomic E-state index is -1.01. The monoisotopic (exact) mass is 509 g/mol. The average Bonchev–Trinajstić information content (AvgIpc) is 3.60. The number of aliphatic hydroxyl groups excluding tert-OH is 1. The van der Waals surface area contributed by atoms with Gasteiger partial charge in [0.15, 0.2) is 15.9 Å². The summed E-state index contributed by atoms with van der Waals surface area (Å²) in [6.07, 6.45) is 1.32. The molecule has 0 spiro atoms. The van der Waals surface area contributed by atoms with Crippen molar-refractivity contribution in [2.45, 2.75) is 16.1 Å². The first-order valence-electron chi connectivity index (χ1n) is 10.3. The van der Waals surface area contributed by atoms with Crippen LogP contribution < -0.4 is 4.90 Å². The summed E-state index contributed by atoms with van der Waals surface area (Å²) < 4.78 is 18.9. The molecule has 8 nitrogen and oxygen atoms in total. The van der Waals surface area contributed by atoms with E-state index in [4.69, 9.17) is 4.42 Å². The molecule has 1 unspecified atom stereocenters. The number of aromatic hydroxyl groups is 1. The van der Waals surface area contributed by atoms with Crippen LogP contribution in [-0.2, 0) is 10.5 Å². The number of phenolic OH excluding ortho intramolecular Hbond substituents is 1. The van der Waals surface area contributed by atoms with E-state index >= 15 is 0 Å². The fourth-order valence-corrected chi connectivity index (χ4v) is 5.45. The SMILES string of the molecule is O=C(C1=C(O)C(=O)N(c2nnc(SCc3ccc(F)cc3)s2)C1c1ccc(O)cc1)c1ccco1. The zero-order chi connectivity index (χ0) is 24.5. The quantitative estimate of drug-likeness (QED) is 0.202. The molecule has 35 heavy (non-hydrogen) atoms. The third-order valence-electron chi connectivity index (χ3n) is 5.28. The average molecular weight is 510 g/mol. The number of aliphatic hydroxyl groups is 1. The second-order valence-electron chi connectivity index (χ2n) is 7.50. The summed E-state index contributed by atoms with van der Waals surface area (Å²) in [5, 5.41) is 28.9. The molecule has 176 valence electrons. The van der Waals surface area contributed by atoms with Crippen LogP contribution in [0.5, 0.6) is 5.75 Å². The van der Waals surface area contributed by atoms with Gasteiger partial charge in [0.05, 0.1) is 17.9 Å². The molecule has 0 fully saturated rings. The summed E-state index contributed by atoms with van der Waals surface area (Å²) >= 11 is 2.48. The van der Waals surface area contributed by atoms with E-state index in [0.717, 1.165) is 16.9 Å². The lowest BCUT2D eigenvalue weighted by molar-refractivity contribution is -0.117. The molecule has 0 radical (unpaired) electrons. The second-order valence-corrected chi connectivity index (χ2v) is 9.68. The second kappa shape index (κ2) is 9.35. The minimum Gasteiger partial charge on any atom is -0.508 e. The summed E-state index contributed by atoms with van der Waals surface area (Å²) in [5.74, 6) is -1.99. The van der Waals surface area contributed by atoms with Crippen molar-refractivity contribution in [1.29, 1.82) is 0 Å². The maximum atomic E-state index is 13.2. The number of Topliss-reactive ketones (excluding diaryl/α,β-unsaturated/α-hetero) is 1. The number of hydrogen-bond donors (Lipinski definition) is 2. The van der Waals surface area contributed by atoms with Crippen molar-refractivity contribution < 1.29 is 28.6 Å². The Kier molecular flexibility index (Phi) is 6.10. The summed E-state index contributed by atoms with van der Waals surface area (Å²) in [5.41, 5.74) is 1.20. The van der Waals surface area contributed by atoms with Crippen molar-refractivity contribution in [2.24, 2.45) is 0 Å². The molecule has 1 amide bonds. The van der Waals surface area contributed by atoms with Crippen molar-refractivity contribution >= 4 is 39.9 Å². The molecular formula is C24H16FN3O5S2. The largest absolute Gasteiger partial charge is 0.508 e. The van der Waals surface area contributed by atoms with E-state index in [2.05, 4.69) is 10.2 Å². The number of benzene rings is 2. The summed E-state index contributed by atoms with van der Waals surface area (Å²) in [4.78, 5) is 27.5. The summed E-state index contributed by atoms with van der Waals surface area (Å²) in [7, 11) is 0. The molecule has 1 atom stereocenters. The Labute approximate surface area is 206 Å². The number of hydrogen-bond acceptors (Lipinski definition) is 9. The van der Waals surface area contributed by atoms with Gasteiger partial charge in [-0.1, -0.05) is 47.4 Å². The van der Waals surface area contributed by atoms with Crippen molar-refractivity contribution in [1.82, 2.24) is 10.2 Å². The number of halogens is 1. The predicted octanol–water partition coefficient (Wildman–Crippen LogP) is 5.05. The van der Waals surface area contributed by atoms with E-state index in [1.165, 1.54) is 59.3 Å². The Morgan fingerprint density at radius 1 is 1.09 bits per heavy atom. The van der Waals surface area contributed by atoms with Crippen LogP contribution in [0.3, 0.4) is 0 Å². The number of nitrogens with zero attached hydrogens (tertiary/aromatic N) is 3. The molecule has 4 aromatic rings. The van der Waals surface area contributed by atoms with E-state index in [0.29, 0.717) is 15.7 Å². The van der Waals surface area contributed by atoms with Crippen LogP contribution in [0.4, 0.5) is 9.52 Å². The highest BCUT2D eigenvalue weighted by atomic mass is 32.2. The van der Waals surface area contributed by atoms with E-state index < -0.39 is 23.5 Å². The Balaban J connectivity index is 1.48. The third-order valence-corrected chi connectivity index (χ3v) is 7.41. The standard InChI is InChI=1S/C24H16FN3O5S2/c25-15-7-3-13(4-8-15)12-34-24-27-26-23(35-24)28-19(14-5-9-16(29)10-6-14)18(21(31)22(28)32)20(30)17-2-1-11-33-17/h1-11,19,29,31H,12H2. The smallest absolute Gasteiger partial charge is 0.296 e. The molecule has 3 heterocycles. The lowest BCUT2D eigenvalue weighted by atomic mass is 9.95. The molecule has 0 aliphatic carbocycles. The Bertz CT molecular complexity index is 1420. The highest BCUT2D eigenvalue weighted by molar-refractivity contribution is 8.00. The van der Waals surface area contributed by atoms with Gasteiger partial charge < -0.3 is 14.6 Å². The number of anilines is 1. The third kappa shape index (κ3) is 4.43. The van der Waals surface area contributed by atoms with Crippen LogP contribution in [-0.4, -0.2) is 32.1 Å². The topological polar surface area (TPSA) is 117 Å². The maximum absolute atomic E-state index is 13.2. The maximum Gasteiger partial charge on any atom is 0.296 e. The molecule has 1 aliphatic heterocycles. The van der Waals surface area contributed by atoms with Gasteiger partial charge in [0.2, 0.25) is 10.9 Å². The van der Waals surface area contributed by atoms with Crippen LogP contribution in [0.1, 0.15) is 27.7 Å². The lowest BCUT2D eigenvalue weighted by Crippen LogP contribution is -2.31. The number of carbonyl (C=O) groups is 2. The van der Waals surface area contributed by atoms with Gasteiger partial charge in [-0.3, -0.25) is 14.5 Å². The van der Waals surface area contributed by atoms with Crippen molar-refractivity contribution in [3.05, 3.63) is 101 Å². The van der Waals surface area contributed by atoms with E-state index in [1.54, 1.807) is 24.3 Å². The molecule has 11 heteroatoms. The van der Waals surface area contributed by atoms with Crippen LogP contribution in [0.25, 0.3) is 0 Å². The molecular weight excluding hydrogens is 493 g/mol. The first-order chi connectivity index (χ1) is 16.9. The van der Waals surface area contributed by atoms with Gasteiger partial charge in [0.1, 0.15) is 11.6 Å². The van der Waals surface area contributed by atoms with Crippen molar-refractivity contribution in [3.8, 4) is 5.75 Å². The molecule has 2 N–H and O–H groups in total. The number of amides is 1. The number of furan rings is 1. The zero-order valence-corrected chi connectivity index (χ0v) is 19.4. The highest BCUT2D eigenvalue weighted by Crippen LogP contribution is 2.44. The molecule has 1 aliphatic rings. The Morgan fingerprint density at radius 2 is 1.83 bits per heavy atom. The first-order valence-corrected chi connectivity index (χ1v) is 12.1. The normalized spacial score (nSPS) is 15.7. The molecule has 2 aromatic heterocycles. The highest BCUT2D eigenvalue weighted by Gasteiger charge is 2.46. The number of thioether (sulfide) groups is 1. The van der Waals surface area contributed by atoms with Crippen molar-refractivity contribution in [3.63, 3.8) is 0 Å². The fraction of sp³-hybridized carbons (Fsp3) is 0.0833. The fourth-order valence-electron chi connectivity index (χ4n) is 3.63. The van der Waals surface area contributed by atoms with E-state index in [1.807, 2.05) is 0 Å². The van der Waals surface area contributed by atoms with Gasteiger partial charge in [0.25, 0.3) is 5.91 Å². The van der Waals surface area contributed by atoms with Gasteiger partial charge in [-0.2, -0.15) is 0 Å². The van der Waals surface area contributed by atoms with Crippen LogP contribution in [0.2, 0.25) is 0 Å². The van der Waals surface area contributed by atoms with Crippen LogP contribution in [0.15, 0.2) is 87.0 Å². The van der Waals surface area contributed by atoms with Crippen molar-refractivity contribution in [2.75, 3.05) is 4.90 Å². The Hall–Kier alpha value is -3.96. The first kappa shape index (κ1) is 22.8. The number of rotatable bonds is 7. The molecule has 5 rings (SSSR count). The number of phenols is 1. The van der Waals surface area contributed by atoms with Gasteiger partial charge in [-0.25, -0.2) is 4.39 Å². The summed E-state index contributed by atoms with van der Waals surface area (Å²) in [6, 6.07) is 14.0. The number of aromatic nitrogens is 2. The lowest BCUT2D eigenvalue weighted by Gasteiger charge is -2.23. The number of carbonyl (C=O) groups excluding carboxylic acids is 2. The minimum absolute atomic E-state index is 0.00660. The van der Waals surface area contributed by atoms with Gasteiger partial charge in [-0.05, 0) is 47.5 Å². The molecule has 0 saturated carbocycles. The van der Waals surface area contributed by atoms with E-state index in [9.17, 15) is 24.2 Å². The number of ketones is 1. The van der Waals surface area contributed by atoms with Gasteiger partial charge in [-0.15, -0.1) is 10.2 Å². The molecule has 0 bridgehead atoms. The molecule has 0 saturated heterocycles. The van der Waals surface area contributed by atoms with Gasteiger partial charge >= 0.3 is 0 Å². The summed E-state index contributed by atoms with van der Waals surface area (Å²) in [6.45, 7) is 0. The predicted molar refractivity (Wildman–Crippen MR) is 127 cm³/mol. The zero-order valence-electron chi connectivity index (χ0n) is 17.8.